The van der Waals surface area contributed by atoms with Gasteiger partial charge in [0.2, 0.25) is 5.95 Å². The fourth-order valence-corrected chi connectivity index (χ4v) is 2.28. The highest BCUT2D eigenvalue weighted by atomic mass is 35.5. The molecule has 0 radical (unpaired) electrons. The summed E-state index contributed by atoms with van der Waals surface area (Å²) in [7, 11) is 0. The van der Waals surface area contributed by atoms with Gasteiger partial charge in [0.15, 0.2) is 5.82 Å². The van der Waals surface area contributed by atoms with E-state index in [1.54, 1.807) is 0 Å². The Morgan fingerprint density at radius 3 is 3.05 bits per heavy atom. The largest absolute Gasteiger partial charge is 0.350 e. The van der Waals surface area contributed by atoms with E-state index in [2.05, 4.69) is 25.6 Å². The summed E-state index contributed by atoms with van der Waals surface area (Å²) in [5, 5.41) is 7.28. The van der Waals surface area contributed by atoms with Crippen LogP contribution in [-0.4, -0.2) is 34.1 Å². The van der Waals surface area contributed by atoms with Crippen molar-refractivity contribution < 1.29 is 0 Å². The molecule has 0 saturated carbocycles. The van der Waals surface area contributed by atoms with E-state index in [1.165, 1.54) is 6.33 Å². The summed E-state index contributed by atoms with van der Waals surface area (Å²) in [5.41, 5.74) is 0.891. The van der Waals surface area contributed by atoms with Gasteiger partial charge >= 0.3 is 0 Å². The van der Waals surface area contributed by atoms with Gasteiger partial charge in [0, 0.05) is 23.2 Å². The van der Waals surface area contributed by atoms with Crippen molar-refractivity contribution in [1.82, 2.24) is 20.3 Å². The molecular formula is C13H14ClN5. The van der Waals surface area contributed by atoms with Gasteiger partial charge < -0.3 is 10.6 Å². The molecule has 2 heterocycles. The van der Waals surface area contributed by atoms with Gasteiger partial charge in [-0.15, -0.1) is 0 Å². The first kappa shape index (κ1) is 12.3. The average molecular weight is 276 g/mol. The lowest BCUT2D eigenvalue weighted by molar-refractivity contribution is 0.778. The molecule has 1 atom stereocenters. The Balaban J connectivity index is 1.82. The molecule has 1 saturated heterocycles. The smallest absolute Gasteiger partial charge is 0.226 e. The maximum absolute atomic E-state index is 5.98. The minimum Gasteiger partial charge on any atom is -0.350 e. The van der Waals surface area contributed by atoms with Crippen molar-refractivity contribution in [2.75, 3.05) is 18.4 Å². The summed E-state index contributed by atoms with van der Waals surface area (Å²) in [6, 6.07) is 7.87. The molecule has 3 rings (SSSR count). The van der Waals surface area contributed by atoms with Crippen LogP contribution in [0.2, 0.25) is 5.02 Å². The lowest BCUT2D eigenvalue weighted by atomic mass is 10.2. The van der Waals surface area contributed by atoms with Crippen molar-refractivity contribution in [2.45, 2.75) is 12.5 Å². The lowest BCUT2D eigenvalue weighted by Gasteiger charge is -2.11. The number of hydrogen-bond donors (Lipinski definition) is 2. The maximum Gasteiger partial charge on any atom is 0.226 e. The maximum atomic E-state index is 5.98. The average Bonchev–Trinajstić information content (AvgIpc) is 2.92. The minimum atomic E-state index is 0.384. The third-order valence-corrected chi connectivity index (χ3v) is 3.28. The van der Waals surface area contributed by atoms with E-state index in [9.17, 15) is 0 Å². The Kier molecular flexibility index (Phi) is 3.57. The van der Waals surface area contributed by atoms with E-state index in [1.807, 2.05) is 24.3 Å². The summed E-state index contributed by atoms with van der Waals surface area (Å²) in [4.78, 5) is 12.8. The van der Waals surface area contributed by atoms with Crippen LogP contribution in [0, 0.1) is 0 Å². The second kappa shape index (κ2) is 5.50. The number of anilines is 1. The topological polar surface area (TPSA) is 62.7 Å². The van der Waals surface area contributed by atoms with E-state index in [0.717, 1.165) is 25.1 Å². The normalized spacial score (nSPS) is 18.5. The van der Waals surface area contributed by atoms with Crippen LogP contribution in [0.1, 0.15) is 6.42 Å². The highest BCUT2D eigenvalue weighted by Gasteiger charge is 2.15. The van der Waals surface area contributed by atoms with Crippen molar-refractivity contribution in [3.05, 3.63) is 35.6 Å². The molecule has 0 aliphatic carbocycles. The predicted octanol–water partition coefficient (Wildman–Crippen LogP) is 1.97. The van der Waals surface area contributed by atoms with Gasteiger partial charge in [0.1, 0.15) is 6.33 Å². The van der Waals surface area contributed by atoms with E-state index in [0.29, 0.717) is 22.8 Å². The number of nitrogens with zero attached hydrogens (tertiary/aromatic N) is 3. The van der Waals surface area contributed by atoms with Crippen molar-refractivity contribution in [3.8, 4) is 11.4 Å². The Bertz CT molecular complexity index is 568. The molecule has 1 fully saturated rings. The van der Waals surface area contributed by atoms with Gasteiger partial charge in [-0.05, 0) is 25.1 Å². The van der Waals surface area contributed by atoms with Gasteiger partial charge in [-0.1, -0.05) is 23.7 Å². The molecule has 0 amide bonds. The van der Waals surface area contributed by atoms with Crippen LogP contribution in [-0.2, 0) is 0 Å². The molecule has 98 valence electrons. The minimum absolute atomic E-state index is 0.384. The van der Waals surface area contributed by atoms with Crippen LogP contribution >= 0.6 is 11.6 Å². The van der Waals surface area contributed by atoms with E-state index >= 15 is 0 Å². The molecule has 1 aromatic heterocycles. The predicted molar refractivity (Wildman–Crippen MR) is 75.2 cm³/mol. The zero-order valence-corrected chi connectivity index (χ0v) is 11.1. The zero-order valence-electron chi connectivity index (χ0n) is 10.3. The third-order valence-electron chi connectivity index (χ3n) is 3.05. The van der Waals surface area contributed by atoms with Gasteiger partial charge in [-0.25, -0.2) is 9.97 Å². The molecule has 0 spiro atoms. The van der Waals surface area contributed by atoms with Crippen LogP contribution in [0.15, 0.2) is 30.6 Å². The molecular weight excluding hydrogens is 262 g/mol. The molecule has 2 N–H and O–H groups in total. The molecule has 1 aliphatic rings. The number of benzene rings is 1. The lowest BCUT2D eigenvalue weighted by Crippen LogP contribution is -2.23. The van der Waals surface area contributed by atoms with Crippen molar-refractivity contribution in [2.24, 2.45) is 0 Å². The monoisotopic (exact) mass is 275 g/mol. The van der Waals surface area contributed by atoms with Gasteiger partial charge in [-0.3, -0.25) is 0 Å². The zero-order chi connectivity index (χ0) is 13.1. The molecule has 2 aromatic rings. The van der Waals surface area contributed by atoms with Crippen LogP contribution in [0.3, 0.4) is 0 Å². The van der Waals surface area contributed by atoms with Crippen LogP contribution in [0.25, 0.3) is 11.4 Å². The highest BCUT2D eigenvalue weighted by Crippen LogP contribution is 2.19. The molecule has 5 nitrogen and oxygen atoms in total. The summed E-state index contributed by atoms with van der Waals surface area (Å²) >= 11 is 5.98. The first-order valence-electron chi connectivity index (χ1n) is 6.23. The summed E-state index contributed by atoms with van der Waals surface area (Å²) < 4.78 is 0. The van der Waals surface area contributed by atoms with Gasteiger partial charge in [0.25, 0.3) is 0 Å². The first-order valence-corrected chi connectivity index (χ1v) is 6.61. The SMILES string of the molecule is Clc1cccc(-c2ncnc(NC3CCNC3)n2)c1. The Labute approximate surface area is 116 Å². The number of hydrogen-bond acceptors (Lipinski definition) is 5. The third kappa shape index (κ3) is 3.00. The summed E-state index contributed by atoms with van der Waals surface area (Å²) in [6.45, 7) is 1.97. The second-order valence-electron chi connectivity index (χ2n) is 4.48. The fraction of sp³-hybridized carbons (Fsp3) is 0.308. The van der Waals surface area contributed by atoms with Crippen molar-refractivity contribution in [3.63, 3.8) is 0 Å². The first-order chi connectivity index (χ1) is 9.31. The van der Waals surface area contributed by atoms with Crippen molar-refractivity contribution in [1.29, 1.82) is 0 Å². The van der Waals surface area contributed by atoms with Gasteiger partial charge in [0.05, 0.1) is 0 Å². The molecule has 6 heteroatoms. The number of nitrogens with one attached hydrogen (secondary N) is 2. The number of halogens is 1. The Morgan fingerprint density at radius 2 is 2.26 bits per heavy atom. The molecule has 1 aromatic carbocycles. The second-order valence-corrected chi connectivity index (χ2v) is 4.91. The molecule has 1 aliphatic heterocycles. The van der Waals surface area contributed by atoms with Crippen LogP contribution in [0.4, 0.5) is 5.95 Å². The van der Waals surface area contributed by atoms with E-state index in [-0.39, 0.29) is 0 Å². The number of rotatable bonds is 3. The number of aromatic nitrogens is 3. The summed E-state index contributed by atoms with van der Waals surface area (Å²) in [6.07, 6.45) is 2.60. The summed E-state index contributed by atoms with van der Waals surface area (Å²) in [5.74, 6) is 1.24. The highest BCUT2D eigenvalue weighted by molar-refractivity contribution is 6.30. The Hall–Kier alpha value is -1.72. The van der Waals surface area contributed by atoms with Crippen LogP contribution in [0.5, 0.6) is 0 Å². The van der Waals surface area contributed by atoms with E-state index < -0.39 is 0 Å². The van der Waals surface area contributed by atoms with Crippen LogP contribution < -0.4 is 10.6 Å². The quantitative estimate of drug-likeness (QED) is 0.897. The fourth-order valence-electron chi connectivity index (χ4n) is 2.09. The van der Waals surface area contributed by atoms with Crippen molar-refractivity contribution >= 4 is 17.5 Å². The van der Waals surface area contributed by atoms with Gasteiger partial charge in [-0.2, -0.15) is 4.98 Å². The Morgan fingerprint density at radius 1 is 1.32 bits per heavy atom. The standard InChI is InChI=1S/C13H14ClN5/c14-10-3-1-2-9(6-10)12-16-8-17-13(19-12)18-11-4-5-15-7-11/h1-3,6,8,11,15H,4-5,7H2,(H,16,17,18,19). The molecule has 0 bridgehead atoms. The molecule has 1 unspecified atom stereocenters. The van der Waals surface area contributed by atoms with E-state index in [4.69, 9.17) is 11.6 Å². The molecule has 19 heavy (non-hydrogen) atoms.